The maximum absolute atomic E-state index is 12.5. The number of benzene rings is 2. The van der Waals surface area contributed by atoms with Crippen LogP contribution in [0.5, 0.6) is 5.75 Å². The quantitative estimate of drug-likeness (QED) is 0.726. The first kappa shape index (κ1) is 20.4. The van der Waals surface area contributed by atoms with Gasteiger partial charge in [-0.25, -0.2) is 4.79 Å². The van der Waals surface area contributed by atoms with Crippen LogP contribution in [-0.4, -0.2) is 24.0 Å². The first-order valence-electron chi connectivity index (χ1n) is 9.68. The van der Waals surface area contributed by atoms with Gasteiger partial charge in [0.2, 0.25) is 0 Å². The molecule has 0 bridgehead atoms. The third-order valence-electron chi connectivity index (χ3n) is 4.97. The molecule has 0 unspecified atom stereocenters. The molecule has 1 aliphatic carbocycles. The minimum Gasteiger partial charge on any atom is -0.488 e. The van der Waals surface area contributed by atoms with Gasteiger partial charge >= 0.3 is 5.97 Å². The van der Waals surface area contributed by atoms with Gasteiger partial charge in [0.1, 0.15) is 23.5 Å². The number of esters is 1. The predicted octanol–water partition coefficient (Wildman–Crippen LogP) is 3.68. The van der Waals surface area contributed by atoms with Gasteiger partial charge in [0.25, 0.3) is 5.91 Å². The Balaban J connectivity index is 1.58. The van der Waals surface area contributed by atoms with Crippen molar-refractivity contribution >= 4 is 11.9 Å². The number of rotatable bonds is 7. The Morgan fingerprint density at radius 3 is 2.62 bits per heavy atom. The van der Waals surface area contributed by atoms with Gasteiger partial charge in [-0.1, -0.05) is 42.0 Å². The molecule has 1 fully saturated rings. The van der Waals surface area contributed by atoms with E-state index in [1.165, 1.54) is 0 Å². The zero-order valence-electron chi connectivity index (χ0n) is 16.4. The average molecular weight is 392 g/mol. The molecular formula is C23H24N2O4. The second-order valence-corrected chi connectivity index (χ2v) is 7.30. The highest BCUT2D eigenvalue weighted by molar-refractivity contribution is 5.94. The molecule has 6 heteroatoms. The van der Waals surface area contributed by atoms with Crippen LogP contribution in [0.2, 0.25) is 0 Å². The zero-order valence-corrected chi connectivity index (χ0v) is 16.4. The van der Waals surface area contributed by atoms with E-state index in [0.29, 0.717) is 25.2 Å². The van der Waals surface area contributed by atoms with E-state index in [2.05, 4.69) is 11.4 Å². The van der Waals surface area contributed by atoms with E-state index in [-0.39, 0.29) is 5.56 Å². The Hall–Kier alpha value is -3.33. The van der Waals surface area contributed by atoms with E-state index in [1.54, 1.807) is 24.3 Å². The predicted molar refractivity (Wildman–Crippen MR) is 107 cm³/mol. The Morgan fingerprint density at radius 1 is 1.14 bits per heavy atom. The molecule has 1 N–H and O–H groups in total. The van der Waals surface area contributed by atoms with Crippen LogP contribution in [0, 0.1) is 18.3 Å². The van der Waals surface area contributed by atoms with Crippen LogP contribution < -0.4 is 10.1 Å². The van der Waals surface area contributed by atoms with E-state index in [9.17, 15) is 14.9 Å². The Bertz CT molecular complexity index is 926. The zero-order chi connectivity index (χ0) is 20.7. The molecule has 0 atom stereocenters. The Labute approximate surface area is 170 Å². The van der Waals surface area contributed by atoms with Gasteiger partial charge in [-0.3, -0.25) is 4.79 Å². The number of amides is 1. The Kier molecular flexibility index (Phi) is 6.50. The lowest BCUT2D eigenvalue weighted by Crippen LogP contribution is -2.46. The molecule has 150 valence electrons. The molecule has 3 rings (SSSR count). The molecule has 2 aromatic rings. The molecule has 0 radical (unpaired) electrons. The standard InChI is InChI=1S/C23H24N2O4/c1-17-7-6-8-18(13-17)14-28-20-10-3-2-9-19(20)22(27)29-15-21(26)25-23(16-24)11-4-5-12-23/h2-3,6-10,13H,4-5,11-12,14-15H2,1H3,(H,25,26). The second-order valence-electron chi connectivity index (χ2n) is 7.30. The largest absolute Gasteiger partial charge is 0.488 e. The van der Waals surface area contributed by atoms with Gasteiger partial charge < -0.3 is 14.8 Å². The number of para-hydroxylation sites is 1. The van der Waals surface area contributed by atoms with Crippen LogP contribution >= 0.6 is 0 Å². The fraction of sp³-hybridized carbons (Fsp3) is 0.348. The molecule has 0 heterocycles. The summed E-state index contributed by atoms with van der Waals surface area (Å²) in [7, 11) is 0. The fourth-order valence-corrected chi connectivity index (χ4v) is 3.48. The van der Waals surface area contributed by atoms with Crippen LogP contribution in [-0.2, 0) is 16.1 Å². The van der Waals surface area contributed by atoms with Crippen molar-refractivity contribution < 1.29 is 19.1 Å². The minimum absolute atomic E-state index is 0.254. The van der Waals surface area contributed by atoms with Crippen LogP contribution in [0.3, 0.4) is 0 Å². The van der Waals surface area contributed by atoms with Crippen molar-refractivity contribution in [2.75, 3.05) is 6.61 Å². The SMILES string of the molecule is Cc1cccc(COc2ccccc2C(=O)OCC(=O)NC2(C#N)CCCC2)c1. The summed E-state index contributed by atoms with van der Waals surface area (Å²) in [5, 5.41) is 12.0. The summed E-state index contributed by atoms with van der Waals surface area (Å²) in [6, 6.07) is 16.9. The molecule has 0 saturated heterocycles. The lowest BCUT2D eigenvalue weighted by molar-refractivity contribution is -0.125. The van der Waals surface area contributed by atoms with Crippen LogP contribution in [0.1, 0.15) is 47.2 Å². The molecule has 0 aromatic heterocycles. The van der Waals surface area contributed by atoms with E-state index >= 15 is 0 Å². The summed E-state index contributed by atoms with van der Waals surface area (Å²) in [5.74, 6) is -0.721. The smallest absolute Gasteiger partial charge is 0.342 e. The monoisotopic (exact) mass is 392 g/mol. The highest BCUT2D eigenvalue weighted by atomic mass is 16.5. The number of carbonyl (C=O) groups excluding carboxylic acids is 2. The molecule has 2 aromatic carbocycles. The normalized spacial score (nSPS) is 14.6. The second kappa shape index (κ2) is 9.24. The minimum atomic E-state index is -0.835. The van der Waals surface area contributed by atoms with Crippen molar-refractivity contribution in [3.05, 3.63) is 65.2 Å². The van der Waals surface area contributed by atoms with Gasteiger partial charge in [-0.2, -0.15) is 5.26 Å². The van der Waals surface area contributed by atoms with Crippen molar-refractivity contribution in [3.8, 4) is 11.8 Å². The van der Waals surface area contributed by atoms with Crippen LogP contribution in [0.4, 0.5) is 0 Å². The summed E-state index contributed by atoms with van der Waals surface area (Å²) in [4.78, 5) is 24.6. The van der Waals surface area contributed by atoms with E-state index in [0.717, 1.165) is 24.0 Å². The van der Waals surface area contributed by atoms with Crippen molar-refractivity contribution in [1.29, 1.82) is 5.26 Å². The molecule has 1 saturated carbocycles. The highest BCUT2D eigenvalue weighted by Crippen LogP contribution is 2.28. The van der Waals surface area contributed by atoms with Gasteiger partial charge in [-0.05, 0) is 50.3 Å². The number of ether oxygens (including phenoxy) is 2. The maximum atomic E-state index is 12.5. The van der Waals surface area contributed by atoms with Crippen molar-refractivity contribution in [1.82, 2.24) is 5.32 Å². The first-order chi connectivity index (χ1) is 14.0. The number of nitrogens with one attached hydrogen (secondary N) is 1. The van der Waals surface area contributed by atoms with E-state index in [1.807, 2.05) is 31.2 Å². The van der Waals surface area contributed by atoms with Crippen molar-refractivity contribution in [3.63, 3.8) is 0 Å². The average Bonchev–Trinajstić information content (AvgIpc) is 3.19. The van der Waals surface area contributed by atoms with Crippen LogP contribution in [0.15, 0.2) is 48.5 Å². The number of nitriles is 1. The number of hydrogen-bond acceptors (Lipinski definition) is 5. The molecular weight excluding hydrogens is 368 g/mol. The van der Waals surface area contributed by atoms with Crippen molar-refractivity contribution in [2.24, 2.45) is 0 Å². The Morgan fingerprint density at radius 2 is 1.90 bits per heavy atom. The summed E-state index contributed by atoms with van der Waals surface area (Å²) in [6.07, 6.45) is 3.05. The van der Waals surface area contributed by atoms with Gasteiger partial charge in [0.05, 0.1) is 6.07 Å². The first-order valence-corrected chi connectivity index (χ1v) is 9.68. The van der Waals surface area contributed by atoms with Crippen molar-refractivity contribution in [2.45, 2.75) is 44.8 Å². The van der Waals surface area contributed by atoms with Gasteiger partial charge in [0.15, 0.2) is 6.61 Å². The number of nitrogens with zero attached hydrogens (tertiary/aromatic N) is 1. The van der Waals surface area contributed by atoms with Gasteiger partial charge in [-0.15, -0.1) is 0 Å². The third-order valence-corrected chi connectivity index (χ3v) is 4.97. The molecule has 0 aliphatic heterocycles. The molecule has 1 amide bonds. The summed E-state index contributed by atoms with van der Waals surface area (Å²) in [6.45, 7) is 1.88. The molecule has 29 heavy (non-hydrogen) atoms. The number of carbonyl (C=O) groups is 2. The molecule has 0 spiro atoms. The number of hydrogen-bond donors (Lipinski definition) is 1. The topological polar surface area (TPSA) is 88.4 Å². The lowest BCUT2D eigenvalue weighted by atomic mass is 10.00. The van der Waals surface area contributed by atoms with E-state index < -0.39 is 24.0 Å². The van der Waals surface area contributed by atoms with Crippen LogP contribution in [0.25, 0.3) is 0 Å². The third kappa shape index (κ3) is 5.35. The van der Waals surface area contributed by atoms with E-state index in [4.69, 9.17) is 9.47 Å². The summed E-state index contributed by atoms with van der Waals surface area (Å²) >= 11 is 0. The molecule has 6 nitrogen and oxygen atoms in total. The summed E-state index contributed by atoms with van der Waals surface area (Å²) < 4.78 is 11.0. The van der Waals surface area contributed by atoms with Gasteiger partial charge in [0, 0.05) is 0 Å². The summed E-state index contributed by atoms with van der Waals surface area (Å²) in [5.41, 5.74) is 1.54. The fourth-order valence-electron chi connectivity index (χ4n) is 3.48. The number of aryl methyl sites for hydroxylation is 1. The lowest BCUT2D eigenvalue weighted by Gasteiger charge is -2.21. The highest BCUT2D eigenvalue weighted by Gasteiger charge is 2.35. The maximum Gasteiger partial charge on any atom is 0.342 e. The molecule has 1 aliphatic rings.